The van der Waals surface area contributed by atoms with Crippen molar-refractivity contribution in [1.29, 1.82) is 0 Å². The number of nitrogens with zero attached hydrogens (tertiary/aromatic N) is 3. The van der Waals surface area contributed by atoms with Gasteiger partial charge in [0.05, 0.1) is 5.69 Å². The molecule has 0 spiro atoms. The maximum Gasteiger partial charge on any atom is 0.451 e. The predicted octanol–water partition coefficient (Wildman–Crippen LogP) is 2.63. The van der Waals surface area contributed by atoms with Crippen molar-refractivity contribution >= 4 is 5.82 Å². The molecule has 2 aromatic rings. The van der Waals surface area contributed by atoms with Gasteiger partial charge in [0, 0.05) is 24.4 Å². The van der Waals surface area contributed by atoms with Gasteiger partial charge in [-0.2, -0.15) is 13.2 Å². The molecule has 2 aromatic heterocycles. The quantitative estimate of drug-likeness (QED) is 0.939. The molecule has 0 unspecified atom stereocenters. The summed E-state index contributed by atoms with van der Waals surface area (Å²) < 4.78 is 37.8. The molecule has 0 aliphatic heterocycles. The van der Waals surface area contributed by atoms with Crippen LogP contribution < -0.4 is 5.73 Å². The zero-order valence-electron chi connectivity index (χ0n) is 10.8. The fourth-order valence-electron chi connectivity index (χ4n) is 1.69. The molecule has 0 saturated carbocycles. The highest BCUT2D eigenvalue weighted by molar-refractivity contribution is 5.32. The van der Waals surface area contributed by atoms with Crippen LogP contribution in [0.15, 0.2) is 24.4 Å². The first-order valence-corrected chi connectivity index (χ1v) is 6.03. The van der Waals surface area contributed by atoms with Crippen LogP contribution in [-0.4, -0.2) is 15.0 Å². The Bertz CT molecular complexity index is 594. The number of aromatic nitrogens is 3. The van der Waals surface area contributed by atoms with Gasteiger partial charge in [-0.1, -0.05) is 13.0 Å². The summed E-state index contributed by atoms with van der Waals surface area (Å²) in [5, 5.41) is 0. The van der Waals surface area contributed by atoms with E-state index in [1.54, 1.807) is 12.3 Å². The van der Waals surface area contributed by atoms with E-state index in [0.29, 0.717) is 5.69 Å². The van der Waals surface area contributed by atoms with E-state index < -0.39 is 12.0 Å². The van der Waals surface area contributed by atoms with E-state index in [0.717, 1.165) is 12.0 Å². The lowest BCUT2D eigenvalue weighted by molar-refractivity contribution is -0.145. The van der Waals surface area contributed by atoms with Crippen LogP contribution in [0.5, 0.6) is 0 Å². The molecule has 2 heterocycles. The highest BCUT2D eigenvalue weighted by Crippen LogP contribution is 2.27. The van der Waals surface area contributed by atoms with Crippen molar-refractivity contribution in [2.24, 2.45) is 0 Å². The molecule has 4 nitrogen and oxygen atoms in total. The zero-order valence-corrected chi connectivity index (χ0v) is 10.8. The SMILES string of the molecule is CCc1ccc(Cc2cc(N)nc(C(F)(F)F)n2)nc1. The molecular formula is C13H13F3N4. The Morgan fingerprint density at radius 3 is 2.45 bits per heavy atom. The topological polar surface area (TPSA) is 64.7 Å². The van der Waals surface area contributed by atoms with E-state index in [1.165, 1.54) is 6.07 Å². The minimum absolute atomic E-state index is 0.180. The van der Waals surface area contributed by atoms with Crippen molar-refractivity contribution in [2.75, 3.05) is 5.73 Å². The molecule has 7 heteroatoms. The Balaban J connectivity index is 2.26. The number of hydrogen-bond acceptors (Lipinski definition) is 4. The molecule has 0 radical (unpaired) electrons. The van der Waals surface area contributed by atoms with E-state index >= 15 is 0 Å². The van der Waals surface area contributed by atoms with Crippen LogP contribution in [0.3, 0.4) is 0 Å². The van der Waals surface area contributed by atoms with Crippen LogP contribution in [0, 0.1) is 0 Å². The van der Waals surface area contributed by atoms with Crippen LogP contribution >= 0.6 is 0 Å². The molecule has 0 aliphatic carbocycles. The van der Waals surface area contributed by atoms with Crippen molar-refractivity contribution in [3.05, 3.63) is 47.2 Å². The molecule has 0 fully saturated rings. The lowest BCUT2D eigenvalue weighted by Crippen LogP contribution is -2.14. The first kappa shape index (κ1) is 14.2. The third-order valence-corrected chi connectivity index (χ3v) is 2.71. The van der Waals surface area contributed by atoms with Crippen molar-refractivity contribution in [3.63, 3.8) is 0 Å². The Morgan fingerprint density at radius 1 is 1.15 bits per heavy atom. The van der Waals surface area contributed by atoms with Gasteiger partial charge < -0.3 is 5.73 Å². The number of pyridine rings is 1. The molecular weight excluding hydrogens is 269 g/mol. The second-order valence-corrected chi connectivity index (χ2v) is 4.29. The number of nitrogens with two attached hydrogens (primary N) is 1. The second-order valence-electron chi connectivity index (χ2n) is 4.29. The van der Waals surface area contributed by atoms with Crippen LogP contribution in [-0.2, 0) is 19.0 Å². The summed E-state index contributed by atoms with van der Waals surface area (Å²) in [5.41, 5.74) is 7.27. The lowest BCUT2D eigenvalue weighted by Gasteiger charge is -2.08. The Kier molecular flexibility index (Phi) is 3.87. The number of rotatable bonds is 3. The van der Waals surface area contributed by atoms with Crippen molar-refractivity contribution in [1.82, 2.24) is 15.0 Å². The number of hydrogen-bond donors (Lipinski definition) is 1. The standard InChI is InChI=1S/C13H13F3N4/c1-2-8-3-4-9(18-7-8)5-10-6-11(17)20-12(19-10)13(14,15)16/h3-4,6-7H,2,5H2,1H3,(H2,17,19,20). The molecule has 0 atom stereocenters. The van der Waals surface area contributed by atoms with E-state index in [9.17, 15) is 13.2 Å². The maximum atomic E-state index is 12.6. The van der Waals surface area contributed by atoms with E-state index in [-0.39, 0.29) is 17.9 Å². The number of nitrogen functional groups attached to an aromatic ring is 1. The fourth-order valence-corrected chi connectivity index (χ4v) is 1.69. The van der Waals surface area contributed by atoms with Crippen LogP contribution in [0.4, 0.5) is 19.0 Å². The number of anilines is 1. The number of alkyl halides is 3. The largest absolute Gasteiger partial charge is 0.451 e. The molecule has 0 aromatic carbocycles. The third-order valence-electron chi connectivity index (χ3n) is 2.71. The summed E-state index contributed by atoms with van der Waals surface area (Å²) in [4.78, 5) is 10.9. The van der Waals surface area contributed by atoms with Gasteiger partial charge in [-0.3, -0.25) is 4.98 Å². The summed E-state index contributed by atoms with van der Waals surface area (Å²) in [5.74, 6) is -1.43. The highest BCUT2D eigenvalue weighted by Gasteiger charge is 2.35. The summed E-state index contributed by atoms with van der Waals surface area (Å²) in [6, 6.07) is 4.98. The van der Waals surface area contributed by atoms with Gasteiger partial charge in [-0.25, -0.2) is 9.97 Å². The summed E-state index contributed by atoms with van der Waals surface area (Å²) in [7, 11) is 0. The molecule has 2 rings (SSSR count). The van der Waals surface area contributed by atoms with Gasteiger partial charge in [-0.15, -0.1) is 0 Å². The maximum absolute atomic E-state index is 12.6. The number of aryl methyl sites for hydroxylation is 1. The second kappa shape index (κ2) is 5.44. The fraction of sp³-hybridized carbons (Fsp3) is 0.308. The van der Waals surface area contributed by atoms with Crippen molar-refractivity contribution in [3.8, 4) is 0 Å². The molecule has 106 valence electrons. The zero-order chi connectivity index (χ0) is 14.8. The molecule has 0 amide bonds. The minimum atomic E-state index is -4.61. The van der Waals surface area contributed by atoms with Gasteiger partial charge in [-0.05, 0) is 18.1 Å². The van der Waals surface area contributed by atoms with Crippen LogP contribution in [0.25, 0.3) is 0 Å². The summed E-state index contributed by atoms with van der Waals surface area (Å²) in [6.07, 6.45) is -1.88. The number of halogens is 3. The van der Waals surface area contributed by atoms with Gasteiger partial charge in [0.1, 0.15) is 5.82 Å². The average Bonchev–Trinajstić information content (AvgIpc) is 2.38. The van der Waals surface area contributed by atoms with Crippen LogP contribution in [0.2, 0.25) is 0 Å². The molecule has 0 saturated heterocycles. The monoisotopic (exact) mass is 282 g/mol. The summed E-state index contributed by atoms with van der Waals surface area (Å²) >= 11 is 0. The van der Waals surface area contributed by atoms with Gasteiger partial charge in [0.2, 0.25) is 5.82 Å². The lowest BCUT2D eigenvalue weighted by atomic mass is 10.1. The third kappa shape index (κ3) is 3.43. The normalized spacial score (nSPS) is 11.6. The van der Waals surface area contributed by atoms with E-state index in [1.807, 2.05) is 13.0 Å². The highest BCUT2D eigenvalue weighted by atomic mass is 19.4. The first-order valence-electron chi connectivity index (χ1n) is 6.03. The Labute approximate surface area is 113 Å². The summed E-state index contributed by atoms with van der Waals surface area (Å²) in [6.45, 7) is 2.00. The van der Waals surface area contributed by atoms with Crippen LogP contribution in [0.1, 0.15) is 29.7 Å². The van der Waals surface area contributed by atoms with Gasteiger partial charge in [0.15, 0.2) is 0 Å². The van der Waals surface area contributed by atoms with Gasteiger partial charge >= 0.3 is 6.18 Å². The smallest absolute Gasteiger partial charge is 0.384 e. The van der Waals surface area contributed by atoms with E-state index in [4.69, 9.17) is 5.73 Å². The first-order chi connectivity index (χ1) is 9.38. The average molecular weight is 282 g/mol. The molecule has 20 heavy (non-hydrogen) atoms. The van der Waals surface area contributed by atoms with Gasteiger partial charge in [0.25, 0.3) is 0 Å². The predicted molar refractivity (Wildman–Crippen MR) is 67.9 cm³/mol. The molecule has 2 N–H and O–H groups in total. The van der Waals surface area contributed by atoms with Crippen molar-refractivity contribution in [2.45, 2.75) is 25.9 Å². The Hall–Kier alpha value is -2.18. The van der Waals surface area contributed by atoms with Crippen molar-refractivity contribution < 1.29 is 13.2 Å². The van der Waals surface area contributed by atoms with E-state index in [2.05, 4.69) is 15.0 Å². The molecule has 0 bridgehead atoms. The molecule has 0 aliphatic rings. The Morgan fingerprint density at radius 2 is 1.90 bits per heavy atom. The minimum Gasteiger partial charge on any atom is -0.384 e.